The molecule has 0 saturated carbocycles. The fraction of sp³-hybridized carbons (Fsp3) is 0.500. The molecule has 0 atom stereocenters. The van der Waals surface area contributed by atoms with Gasteiger partial charge in [0.15, 0.2) is 0 Å². The zero-order chi connectivity index (χ0) is 15.7. The van der Waals surface area contributed by atoms with Gasteiger partial charge in [-0.15, -0.1) is 0 Å². The number of hydrogen-bond acceptors (Lipinski definition) is 4. The number of methoxy groups -OCH3 is 1. The summed E-state index contributed by atoms with van der Waals surface area (Å²) in [5.41, 5.74) is 1.09. The fourth-order valence-corrected chi connectivity index (χ4v) is 2.03. The number of rotatable bonds is 8. The number of benzene rings is 1. The Morgan fingerprint density at radius 3 is 2.38 bits per heavy atom. The van der Waals surface area contributed by atoms with Crippen molar-refractivity contribution in [3.05, 3.63) is 35.9 Å². The van der Waals surface area contributed by atoms with Gasteiger partial charge in [-0.05, 0) is 18.5 Å². The van der Waals surface area contributed by atoms with Crippen molar-refractivity contribution in [1.29, 1.82) is 0 Å². The Bertz CT molecular complexity index is 448. The van der Waals surface area contributed by atoms with Crippen LogP contribution in [0.1, 0.15) is 18.9 Å². The third kappa shape index (κ3) is 6.40. The van der Waals surface area contributed by atoms with Crippen molar-refractivity contribution >= 4 is 11.9 Å². The van der Waals surface area contributed by atoms with Crippen molar-refractivity contribution in [1.82, 2.24) is 9.80 Å². The maximum absolute atomic E-state index is 12.2. The van der Waals surface area contributed by atoms with Gasteiger partial charge in [0.2, 0.25) is 5.91 Å². The number of amides is 1. The zero-order valence-electron chi connectivity index (χ0n) is 13.0. The van der Waals surface area contributed by atoms with Gasteiger partial charge in [0.05, 0.1) is 20.2 Å². The average molecular weight is 292 g/mol. The van der Waals surface area contributed by atoms with Gasteiger partial charge in [0.1, 0.15) is 0 Å². The van der Waals surface area contributed by atoms with Crippen LogP contribution in [0.15, 0.2) is 30.3 Å². The van der Waals surface area contributed by atoms with E-state index in [-0.39, 0.29) is 25.0 Å². The predicted molar refractivity (Wildman–Crippen MR) is 81.7 cm³/mol. The molecule has 1 amide bonds. The van der Waals surface area contributed by atoms with E-state index in [2.05, 4.69) is 4.74 Å². The van der Waals surface area contributed by atoms with Crippen LogP contribution < -0.4 is 0 Å². The van der Waals surface area contributed by atoms with Crippen LogP contribution in [0.2, 0.25) is 0 Å². The van der Waals surface area contributed by atoms with Gasteiger partial charge >= 0.3 is 5.97 Å². The summed E-state index contributed by atoms with van der Waals surface area (Å²) in [4.78, 5) is 27.1. The van der Waals surface area contributed by atoms with E-state index < -0.39 is 0 Å². The molecule has 21 heavy (non-hydrogen) atoms. The first-order valence-corrected chi connectivity index (χ1v) is 7.13. The molecular formula is C16H24N2O3. The first-order chi connectivity index (χ1) is 10.1. The molecule has 0 aliphatic heterocycles. The first kappa shape index (κ1) is 17.2. The van der Waals surface area contributed by atoms with Gasteiger partial charge in [-0.1, -0.05) is 37.3 Å². The highest BCUT2D eigenvalue weighted by molar-refractivity contribution is 5.79. The van der Waals surface area contributed by atoms with Gasteiger partial charge in [0, 0.05) is 13.6 Å². The normalized spacial score (nSPS) is 10.5. The third-order valence-corrected chi connectivity index (χ3v) is 3.17. The smallest absolute Gasteiger partial charge is 0.319 e. The molecule has 1 rings (SSSR count). The summed E-state index contributed by atoms with van der Waals surface area (Å²) in [5, 5.41) is 0. The number of hydrogen-bond donors (Lipinski definition) is 0. The van der Waals surface area contributed by atoms with E-state index in [1.54, 1.807) is 11.9 Å². The van der Waals surface area contributed by atoms with Crippen LogP contribution in [0.25, 0.3) is 0 Å². The molecule has 0 aliphatic carbocycles. The van der Waals surface area contributed by atoms with E-state index >= 15 is 0 Å². The Balaban J connectivity index is 2.53. The zero-order valence-corrected chi connectivity index (χ0v) is 13.0. The second kappa shape index (κ2) is 9.13. The molecule has 1 aromatic carbocycles. The Morgan fingerprint density at radius 1 is 1.14 bits per heavy atom. The highest BCUT2D eigenvalue weighted by Crippen LogP contribution is 2.04. The molecule has 0 N–H and O–H groups in total. The van der Waals surface area contributed by atoms with Crippen molar-refractivity contribution in [2.24, 2.45) is 0 Å². The van der Waals surface area contributed by atoms with Crippen LogP contribution in [-0.4, -0.2) is 55.5 Å². The molecular weight excluding hydrogens is 268 g/mol. The Kier molecular flexibility index (Phi) is 7.46. The van der Waals surface area contributed by atoms with Crippen molar-refractivity contribution < 1.29 is 14.3 Å². The highest BCUT2D eigenvalue weighted by atomic mass is 16.5. The molecule has 0 fully saturated rings. The standard InChI is InChI=1S/C16H24N2O3/c1-4-10-18(13-16(20)21-3)12-15(19)17(2)11-14-8-6-5-7-9-14/h5-9H,4,10-13H2,1-3H3. The summed E-state index contributed by atoms with van der Waals surface area (Å²) in [5.74, 6) is -0.321. The summed E-state index contributed by atoms with van der Waals surface area (Å²) in [6.45, 7) is 3.65. The van der Waals surface area contributed by atoms with Crippen LogP contribution in [0, 0.1) is 0 Å². The van der Waals surface area contributed by atoms with Crippen molar-refractivity contribution in [2.45, 2.75) is 19.9 Å². The lowest BCUT2D eigenvalue weighted by atomic mass is 10.2. The van der Waals surface area contributed by atoms with E-state index in [1.165, 1.54) is 7.11 Å². The summed E-state index contributed by atoms with van der Waals surface area (Å²) in [6, 6.07) is 9.83. The van der Waals surface area contributed by atoms with Gasteiger partial charge in [-0.2, -0.15) is 0 Å². The van der Waals surface area contributed by atoms with Crippen LogP contribution in [-0.2, 0) is 20.9 Å². The average Bonchev–Trinajstić information content (AvgIpc) is 2.48. The lowest BCUT2D eigenvalue weighted by Gasteiger charge is -2.24. The van der Waals surface area contributed by atoms with Gasteiger partial charge in [-0.25, -0.2) is 0 Å². The Labute approximate surface area is 126 Å². The molecule has 5 heteroatoms. The minimum atomic E-state index is -0.318. The van der Waals surface area contributed by atoms with Crippen LogP contribution >= 0.6 is 0 Å². The minimum Gasteiger partial charge on any atom is -0.468 e. The molecule has 1 aromatic rings. The number of ether oxygens (including phenoxy) is 1. The Hall–Kier alpha value is -1.88. The second-order valence-corrected chi connectivity index (χ2v) is 5.02. The van der Waals surface area contributed by atoms with Crippen LogP contribution in [0.3, 0.4) is 0 Å². The number of nitrogens with zero attached hydrogens (tertiary/aromatic N) is 2. The van der Waals surface area contributed by atoms with E-state index in [0.29, 0.717) is 13.1 Å². The summed E-state index contributed by atoms with van der Waals surface area (Å²) >= 11 is 0. The largest absolute Gasteiger partial charge is 0.468 e. The van der Waals surface area contributed by atoms with E-state index in [4.69, 9.17) is 0 Å². The molecule has 0 unspecified atom stereocenters. The first-order valence-electron chi connectivity index (χ1n) is 7.13. The maximum atomic E-state index is 12.2. The molecule has 0 radical (unpaired) electrons. The number of esters is 1. The highest BCUT2D eigenvalue weighted by Gasteiger charge is 2.17. The second-order valence-electron chi connectivity index (χ2n) is 5.02. The Morgan fingerprint density at radius 2 is 1.81 bits per heavy atom. The topological polar surface area (TPSA) is 49.9 Å². The summed E-state index contributed by atoms with van der Waals surface area (Å²) in [6.07, 6.45) is 0.882. The van der Waals surface area contributed by atoms with E-state index in [0.717, 1.165) is 12.0 Å². The predicted octanol–water partition coefficient (Wildman–Crippen LogP) is 1.53. The number of likely N-dealkylation sites (N-methyl/N-ethyl adjacent to an activating group) is 1. The molecule has 116 valence electrons. The molecule has 0 saturated heterocycles. The fourth-order valence-electron chi connectivity index (χ4n) is 2.03. The maximum Gasteiger partial charge on any atom is 0.319 e. The molecule has 0 spiro atoms. The third-order valence-electron chi connectivity index (χ3n) is 3.17. The number of carbonyl (C=O) groups excluding carboxylic acids is 2. The number of carbonyl (C=O) groups is 2. The summed E-state index contributed by atoms with van der Waals surface area (Å²) in [7, 11) is 3.13. The lowest BCUT2D eigenvalue weighted by molar-refractivity contribution is -0.142. The van der Waals surface area contributed by atoms with Gasteiger partial charge in [0.25, 0.3) is 0 Å². The van der Waals surface area contributed by atoms with E-state index in [9.17, 15) is 9.59 Å². The lowest BCUT2D eigenvalue weighted by Crippen LogP contribution is -2.41. The summed E-state index contributed by atoms with van der Waals surface area (Å²) < 4.78 is 4.66. The monoisotopic (exact) mass is 292 g/mol. The molecule has 5 nitrogen and oxygen atoms in total. The van der Waals surface area contributed by atoms with Crippen molar-refractivity contribution in [3.8, 4) is 0 Å². The van der Waals surface area contributed by atoms with E-state index in [1.807, 2.05) is 42.2 Å². The molecule has 0 bridgehead atoms. The molecule has 0 aliphatic rings. The van der Waals surface area contributed by atoms with Gasteiger partial charge in [-0.3, -0.25) is 14.5 Å². The SMILES string of the molecule is CCCN(CC(=O)OC)CC(=O)N(C)Cc1ccccc1. The molecule has 0 aromatic heterocycles. The minimum absolute atomic E-state index is 0.00351. The quantitative estimate of drug-likeness (QED) is 0.682. The van der Waals surface area contributed by atoms with Crippen LogP contribution in [0.4, 0.5) is 0 Å². The van der Waals surface area contributed by atoms with Gasteiger partial charge < -0.3 is 9.64 Å². The molecule has 0 heterocycles. The van der Waals surface area contributed by atoms with Crippen molar-refractivity contribution in [2.75, 3.05) is 33.8 Å². The van der Waals surface area contributed by atoms with Crippen LogP contribution in [0.5, 0.6) is 0 Å². The van der Waals surface area contributed by atoms with Crippen molar-refractivity contribution in [3.63, 3.8) is 0 Å².